The summed E-state index contributed by atoms with van der Waals surface area (Å²) >= 11 is 1.46. The van der Waals surface area contributed by atoms with Crippen LogP contribution >= 0.6 is 11.8 Å². The molecule has 5 nitrogen and oxygen atoms in total. The van der Waals surface area contributed by atoms with E-state index in [2.05, 4.69) is 10.6 Å². The number of nitrogens with one attached hydrogen (secondary N) is 2. The maximum absolute atomic E-state index is 14.0. The number of carbonyl (C=O) groups is 2. The number of halogens is 1. The van der Waals surface area contributed by atoms with Gasteiger partial charge in [0.05, 0.1) is 6.61 Å². The Hall–Kier alpha value is -4.36. The lowest BCUT2D eigenvalue weighted by atomic mass is 10.1. The van der Waals surface area contributed by atoms with Crippen molar-refractivity contribution in [3.8, 4) is 5.75 Å². The Balaban J connectivity index is 1.56. The van der Waals surface area contributed by atoms with Crippen LogP contribution in [-0.2, 0) is 10.5 Å². The summed E-state index contributed by atoms with van der Waals surface area (Å²) in [6.07, 6.45) is 1.60. The van der Waals surface area contributed by atoms with Crippen LogP contribution in [0.5, 0.6) is 5.75 Å². The zero-order valence-electron chi connectivity index (χ0n) is 20.8. The standard InChI is InChI=1S/C31H27FN2O3S/c1-2-37-29-18-9-7-13-23(29)19-28(34-30(35)22-11-4-3-5-12-22)31(36)33-25-15-10-16-26(20-25)38-21-24-14-6-8-17-27(24)32/h3-20H,2,21H2,1H3,(H,33,36)(H,34,35)/b28-19+. The highest BCUT2D eigenvalue weighted by molar-refractivity contribution is 7.98. The van der Waals surface area contributed by atoms with Gasteiger partial charge in [-0.15, -0.1) is 11.8 Å². The highest BCUT2D eigenvalue weighted by atomic mass is 32.2. The van der Waals surface area contributed by atoms with E-state index in [1.54, 1.807) is 60.7 Å². The van der Waals surface area contributed by atoms with Crippen LogP contribution < -0.4 is 15.4 Å². The molecule has 0 spiro atoms. The zero-order chi connectivity index (χ0) is 26.7. The minimum Gasteiger partial charge on any atom is -0.493 e. The Kier molecular flexibility index (Phi) is 9.32. The maximum Gasteiger partial charge on any atom is 0.272 e. The quantitative estimate of drug-likeness (QED) is 0.174. The molecule has 0 aliphatic heterocycles. The minimum atomic E-state index is -0.489. The lowest BCUT2D eigenvalue weighted by molar-refractivity contribution is -0.113. The topological polar surface area (TPSA) is 67.4 Å². The van der Waals surface area contributed by atoms with Crippen LogP contribution in [0.3, 0.4) is 0 Å². The molecule has 0 saturated carbocycles. The molecule has 4 aromatic rings. The van der Waals surface area contributed by atoms with Gasteiger partial charge < -0.3 is 15.4 Å². The van der Waals surface area contributed by atoms with Crippen LogP contribution in [0, 0.1) is 5.82 Å². The van der Waals surface area contributed by atoms with Crippen molar-refractivity contribution >= 4 is 35.3 Å². The van der Waals surface area contributed by atoms with Gasteiger partial charge in [0.1, 0.15) is 17.3 Å². The number of hydrogen-bond acceptors (Lipinski definition) is 4. The molecule has 0 unspecified atom stereocenters. The highest BCUT2D eigenvalue weighted by Gasteiger charge is 2.16. The van der Waals surface area contributed by atoms with E-state index in [-0.39, 0.29) is 11.5 Å². The van der Waals surface area contributed by atoms with Gasteiger partial charge in [-0.2, -0.15) is 0 Å². The average Bonchev–Trinajstić information content (AvgIpc) is 2.94. The molecular weight excluding hydrogens is 499 g/mol. The molecule has 0 aliphatic rings. The number of benzene rings is 4. The largest absolute Gasteiger partial charge is 0.493 e. The summed E-state index contributed by atoms with van der Waals surface area (Å²) in [4.78, 5) is 27.2. The fourth-order valence-corrected chi connectivity index (χ4v) is 4.56. The fraction of sp³-hybridized carbons (Fsp3) is 0.0968. The van der Waals surface area contributed by atoms with Crippen LogP contribution in [0.1, 0.15) is 28.4 Å². The van der Waals surface area contributed by atoms with Gasteiger partial charge in [-0.05, 0) is 61.0 Å². The van der Waals surface area contributed by atoms with Crippen LogP contribution in [-0.4, -0.2) is 18.4 Å². The molecule has 2 amide bonds. The van der Waals surface area contributed by atoms with Crippen molar-refractivity contribution < 1.29 is 18.7 Å². The number of carbonyl (C=O) groups excluding carboxylic acids is 2. The summed E-state index contributed by atoms with van der Waals surface area (Å²) in [5.74, 6) is -0.0928. The normalized spacial score (nSPS) is 11.1. The molecule has 0 saturated heterocycles. The van der Waals surface area contributed by atoms with Gasteiger partial charge in [-0.3, -0.25) is 9.59 Å². The van der Waals surface area contributed by atoms with Crippen LogP contribution in [0.15, 0.2) is 114 Å². The third-order valence-corrected chi connectivity index (χ3v) is 6.53. The minimum absolute atomic E-state index is 0.0652. The van der Waals surface area contributed by atoms with Crippen molar-refractivity contribution in [2.75, 3.05) is 11.9 Å². The van der Waals surface area contributed by atoms with Gasteiger partial charge >= 0.3 is 0 Å². The van der Waals surface area contributed by atoms with E-state index >= 15 is 0 Å². The summed E-state index contributed by atoms with van der Waals surface area (Å²) in [7, 11) is 0. The molecule has 4 aromatic carbocycles. The number of thioether (sulfide) groups is 1. The maximum atomic E-state index is 14.0. The Morgan fingerprint density at radius 2 is 1.63 bits per heavy atom. The van der Waals surface area contributed by atoms with Crippen LogP contribution in [0.4, 0.5) is 10.1 Å². The number of rotatable bonds is 10. The van der Waals surface area contributed by atoms with Crippen molar-refractivity contribution in [2.45, 2.75) is 17.6 Å². The van der Waals surface area contributed by atoms with E-state index in [1.165, 1.54) is 17.8 Å². The molecule has 7 heteroatoms. The number of amides is 2. The fourth-order valence-electron chi connectivity index (χ4n) is 3.62. The Labute approximate surface area is 225 Å². The van der Waals surface area contributed by atoms with E-state index in [4.69, 9.17) is 4.74 Å². The lowest BCUT2D eigenvalue weighted by Crippen LogP contribution is -2.30. The third kappa shape index (κ3) is 7.33. The van der Waals surface area contributed by atoms with Crippen LogP contribution in [0.25, 0.3) is 6.08 Å². The van der Waals surface area contributed by atoms with Crippen molar-refractivity contribution in [3.05, 3.63) is 131 Å². The summed E-state index contributed by atoms with van der Waals surface area (Å²) < 4.78 is 19.7. The Bertz CT molecular complexity index is 1440. The Morgan fingerprint density at radius 1 is 0.895 bits per heavy atom. The first-order valence-electron chi connectivity index (χ1n) is 12.1. The van der Waals surface area contributed by atoms with E-state index in [1.807, 2.05) is 49.4 Å². The second-order valence-corrected chi connectivity index (χ2v) is 9.26. The summed E-state index contributed by atoms with van der Waals surface area (Å²) in [5.41, 5.74) is 2.30. The summed E-state index contributed by atoms with van der Waals surface area (Å²) in [5, 5.41) is 5.62. The van der Waals surface area contributed by atoms with Gasteiger partial charge in [-0.25, -0.2) is 4.39 Å². The van der Waals surface area contributed by atoms with E-state index in [9.17, 15) is 14.0 Å². The molecule has 0 heterocycles. The zero-order valence-corrected chi connectivity index (χ0v) is 21.6. The molecule has 0 aliphatic carbocycles. The summed E-state index contributed by atoms with van der Waals surface area (Å²) in [6.45, 7) is 2.34. The SMILES string of the molecule is CCOc1ccccc1/C=C(/NC(=O)c1ccccc1)C(=O)Nc1cccc(SCc2ccccc2F)c1. The lowest BCUT2D eigenvalue weighted by Gasteiger charge is -2.13. The highest BCUT2D eigenvalue weighted by Crippen LogP contribution is 2.27. The second kappa shape index (κ2) is 13.3. The molecule has 0 atom stereocenters. The Morgan fingerprint density at radius 3 is 2.42 bits per heavy atom. The summed E-state index contributed by atoms with van der Waals surface area (Å²) in [6, 6.07) is 29.9. The van der Waals surface area contributed by atoms with E-state index in [0.29, 0.717) is 40.5 Å². The molecule has 0 bridgehead atoms. The van der Waals surface area contributed by atoms with Crippen molar-refractivity contribution in [1.29, 1.82) is 0 Å². The monoisotopic (exact) mass is 526 g/mol. The van der Waals surface area contributed by atoms with Crippen LogP contribution in [0.2, 0.25) is 0 Å². The van der Waals surface area contributed by atoms with Gasteiger partial charge in [0.2, 0.25) is 0 Å². The van der Waals surface area contributed by atoms with Gasteiger partial charge in [0.15, 0.2) is 0 Å². The molecule has 192 valence electrons. The van der Waals surface area contributed by atoms with Gasteiger partial charge in [0, 0.05) is 27.5 Å². The van der Waals surface area contributed by atoms with Gasteiger partial charge in [0.25, 0.3) is 11.8 Å². The number of hydrogen-bond donors (Lipinski definition) is 2. The molecule has 0 aromatic heterocycles. The smallest absolute Gasteiger partial charge is 0.272 e. The second-order valence-electron chi connectivity index (χ2n) is 8.21. The molecule has 0 radical (unpaired) electrons. The first-order chi connectivity index (χ1) is 18.5. The predicted octanol–water partition coefficient (Wildman–Crippen LogP) is 6.93. The molecule has 4 rings (SSSR count). The third-order valence-electron chi connectivity index (χ3n) is 5.49. The molecule has 38 heavy (non-hydrogen) atoms. The van der Waals surface area contributed by atoms with Crippen molar-refractivity contribution in [1.82, 2.24) is 5.32 Å². The molecule has 0 fully saturated rings. The molecular formula is C31H27FN2O3S. The number of para-hydroxylation sites is 1. The first-order valence-corrected chi connectivity index (χ1v) is 13.1. The average molecular weight is 527 g/mol. The predicted molar refractivity (Wildman–Crippen MR) is 151 cm³/mol. The van der Waals surface area contributed by atoms with Crippen molar-refractivity contribution in [3.63, 3.8) is 0 Å². The van der Waals surface area contributed by atoms with Gasteiger partial charge in [-0.1, -0.05) is 60.7 Å². The molecule has 2 N–H and O–H groups in total. The van der Waals surface area contributed by atoms with Crippen molar-refractivity contribution in [2.24, 2.45) is 0 Å². The first kappa shape index (κ1) is 26.7. The number of ether oxygens (including phenoxy) is 1. The number of anilines is 1. The van der Waals surface area contributed by atoms with E-state index < -0.39 is 11.8 Å². The van der Waals surface area contributed by atoms with E-state index in [0.717, 1.165) is 4.90 Å².